The van der Waals surface area contributed by atoms with Gasteiger partial charge in [-0.2, -0.15) is 0 Å². The molecule has 2 fully saturated rings. The van der Waals surface area contributed by atoms with Crippen LogP contribution >= 0.6 is 0 Å². The van der Waals surface area contributed by atoms with Gasteiger partial charge in [-0.15, -0.1) is 0 Å². The van der Waals surface area contributed by atoms with Crippen LogP contribution in [0.3, 0.4) is 0 Å². The molecule has 1 aromatic heterocycles. The fourth-order valence-electron chi connectivity index (χ4n) is 4.35. The van der Waals surface area contributed by atoms with Crippen LogP contribution in [-0.2, 0) is 4.79 Å². The van der Waals surface area contributed by atoms with E-state index in [0.717, 1.165) is 18.9 Å². The van der Waals surface area contributed by atoms with Crippen molar-refractivity contribution < 1.29 is 18.4 Å². The molecular formula is C20H20F2N4O2. The van der Waals surface area contributed by atoms with E-state index in [1.54, 1.807) is 0 Å². The van der Waals surface area contributed by atoms with Gasteiger partial charge in [0.05, 0.1) is 5.41 Å². The molecule has 0 unspecified atom stereocenters. The maximum absolute atomic E-state index is 13.6. The number of carbonyl (C=O) groups is 2. The van der Waals surface area contributed by atoms with E-state index in [1.165, 1.54) is 35.6 Å². The Morgan fingerprint density at radius 1 is 1.21 bits per heavy atom. The van der Waals surface area contributed by atoms with E-state index in [1.807, 2.05) is 0 Å². The van der Waals surface area contributed by atoms with Gasteiger partial charge in [-0.25, -0.2) is 18.7 Å². The fraction of sp³-hybridized carbons (Fsp3) is 0.400. The Kier molecular flexibility index (Phi) is 4.78. The van der Waals surface area contributed by atoms with Gasteiger partial charge in [-0.05, 0) is 43.9 Å². The monoisotopic (exact) mass is 386 g/mol. The molecule has 0 radical (unpaired) electrons. The zero-order valence-electron chi connectivity index (χ0n) is 15.2. The van der Waals surface area contributed by atoms with Crippen LogP contribution in [0.1, 0.15) is 42.6 Å². The highest BCUT2D eigenvalue weighted by Gasteiger charge is 2.49. The molecule has 146 valence electrons. The molecule has 4 rings (SSSR count). The molecule has 1 aliphatic carbocycles. The quantitative estimate of drug-likeness (QED) is 0.880. The molecule has 6 nitrogen and oxygen atoms in total. The Morgan fingerprint density at radius 3 is 2.71 bits per heavy atom. The van der Waals surface area contributed by atoms with Gasteiger partial charge in [0, 0.05) is 30.5 Å². The Morgan fingerprint density at radius 2 is 2.00 bits per heavy atom. The third kappa shape index (κ3) is 3.46. The molecule has 0 bridgehead atoms. The van der Waals surface area contributed by atoms with Crippen molar-refractivity contribution in [3.63, 3.8) is 0 Å². The summed E-state index contributed by atoms with van der Waals surface area (Å²) in [7, 11) is 0. The number of nitrogens with one attached hydrogen (secondary N) is 1. The first-order valence-corrected chi connectivity index (χ1v) is 9.32. The van der Waals surface area contributed by atoms with Crippen LogP contribution < -0.4 is 10.2 Å². The zero-order valence-corrected chi connectivity index (χ0v) is 15.2. The fourth-order valence-corrected chi connectivity index (χ4v) is 4.35. The minimum Gasteiger partial charge on any atom is -0.348 e. The van der Waals surface area contributed by atoms with Gasteiger partial charge in [-0.3, -0.25) is 9.59 Å². The average molecular weight is 386 g/mol. The molecule has 1 spiro atoms. The summed E-state index contributed by atoms with van der Waals surface area (Å²) >= 11 is 0. The maximum Gasteiger partial charge on any atom is 0.270 e. The number of hydrogen-bond acceptors (Lipinski definition) is 4. The first-order chi connectivity index (χ1) is 13.5. The number of aromatic nitrogens is 2. The predicted octanol–water partition coefficient (Wildman–Crippen LogP) is 2.85. The van der Waals surface area contributed by atoms with Crippen molar-refractivity contribution in [2.75, 3.05) is 11.4 Å². The molecule has 1 aromatic carbocycles. The predicted molar refractivity (Wildman–Crippen MR) is 97.5 cm³/mol. The van der Waals surface area contributed by atoms with Gasteiger partial charge < -0.3 is 10.2 Å². The Balaban J connectivity index is 1.49. The number of rotatable bonds is 3. The summed E-state index contributed by atoms with van der Waals surface area (Å²) in [5.41, 5.74) is -0.0826. The van der Waals surface area contributed by atoms with Crippen LogP contribution in [0.25, 0.3) is 0 Å². The lowest BCUT2D eigenvalue weighted by Gasteiger charge is -2.36. The van der Waals surface area contributed by atoms with Gasteiger partial charge >= 0.3 is 0 Å². The highest BCUT2D eigenvalue weighted by Crippen LogP contribution is 2.46. The van der Waals surface area contributed by atoms with Crippen LogP contribution in [0.4, 0.5) is 14.5 Å². The molecule has 1 N–H and O–H groups in total. The van der Waals surface area contributed by atoms with Crippen molar-refractivity contribution in [3.8, 4) is 0 Å². The van der Waals surface area contributed by atoms with Crippen molar-refractivity contribution in [2.45, 2.75) is 38.1 Å². The van der Waals surface area contributed by atoms with Gasteiger partial charge in [0.1, 0.15) is 23.7 Å². The van der Waals surface area contributed by atoms with Crippen molar-refractivity contribution in [3.05, 3.63) is 54.1 Å². The van der Waals surface area contributed by atoms with E-state index in [9.17, 15) is 18.4 Å². The number of halogens is 2. The summed E-state index contributed by atoms with van der Waals surface area (Å²) in [4.78, 5) is 34.7. The topological polar surface area (TPSA) is 75.2 Å². The number of hydrogen-bond donors (Lipinski definition) is 1. The molecule has 2 heterocycles. The SMILES string of the molecule is O=C(N[C@@H]1CCC[C@]2(CCN(c3cc(F)cc(F)c3)C2=O)C1)c1ccncn1. The first kappa shape index (κ1) is 18.5. The number of anilines is 1. The summed E-state index contributed by atoms with van der Waals surface area (Å²) in [6.07, 6.45) is 6.21. The van der Waals surface area contributed by atoms with E-state index >= 15 is 0 Å². The molecule has 2 atom stereocenters. The maximum atomic E-state index is 13.6. The first-order valence-electron chi connectivity index (χ1n) is 9.32. The molecule has 2 aliphatic rings. The van der Waals surface area contributed by atoms with E-state index in [2.05, 4.69) is 15.3 Å². The number of amides is 2. The Bertz CT molecular complexity index is 888. The Hall–Kier alpha value is -2.90. The van der Waals surface area contributed by atoms with Crippen molar-refractivity contribution in [1.29, 1.82) is 0 Å². The summed E-state index contributed by atoms with van der Waals surface area (Å²) in [5, 5.41) is 2.96. The van der Waals surface area contributed by atoms with Gasteiger partial charge in [0.2, 0.25) is 5.91 Å². The number of nitrogens with zero attached hydrogens (tertiary/aromatic N) is 3. The lowest BCUT2D eigenvalue weighted by molar-refractivity contribution is -0.127. The lowest BCUT2D eigenvalue weighted by Crippen LogP contribution is -2.46. The number of carbonyl (C=O) groups excluding carboxylic acids is 2. The van der Waals surface area contributed by atoms with Crippen LogP contribution in [-0.4, -0.2) is 34.4 Å². The second kappa shape index (κ2) is 7.26. The standard InChI is InChI=1S/C20H20F2N4O2/c21-13-8-14(22)10-16(9-13)26-7-5-20(19(26)28)4-1-2-15(11-20)25-18(27)17-3-6-23-12-24-17/h3,6,8-10,12,15H,1-2,4-5,7,11H2,(H,25,27)/t15-,20+/m1/s1. The largest absolute Gasteiger partial charge is 0.348 e. The third-order valence-electron chi connectivity index (χ3n) is 5.67. The van der Waals surface area contributed by atoms with E-state index < -0.39 is 17.0 Å². The zero-order chi connectivity index (χ0) is 19.7. The van der Waals surface area contributed by atoms with E-state index in [-0.39, 0.29) is 29.2 Å². The second-order valence-electron chi connectivity index (χ2n) is 7.48. The molecule has 1 saturated heterocycles. The second-order valence-corrected chi connectivity index (χ2v) is 7.48. The lowest BCUT2D eigenvalue weighted by atomic mass is 9.71. The van der Waals surface area contributed by atoms with Crippen LogP contribution in [0, 0.1) is 17.0 Å². The van der Waals surface area contributed by atoms with E-state index in [0.29, 0.717) is 25.8 Å². The van der Waals surface area contributed by atoms with Gasteiger partial charge in [0.15, 0.2) is 0 Å². The highest BCUT2D eigenvalue weighted by molar-refractivity contribution is 6.00. The average Bonchev–Trinajstić information content (AvgIpc) is 2.97. The summed E-state index contributed by atoms with van der Waals surface area (Å²) in [6, 6.07) is 4.53. The normalized spacial score (nSPS) is 24.6. The summed E-state index contributed by atoms with van der Waals surface area (Å²) < 4.78 is 27.1. The molecule has 2 amide bonds. The van der Waals surface area contributed by atoms with Crippen LogP contribution in [0.15, 0.2) is 36.8 Å². The van der Waals surface area contributed by atoms with Crippen molar-refractivity contribution in [1.82, 2.24) is 15.3 Å². The molecule has 1 saturated carbocycles. The molecule has 1 aliphatic heterocycles. The number of benzene rings is 1. The van der Waals surface area contributed by atoms with Crippen molar-refractivity contribution >= 4 is 17.5 Å². The van der Waals surface area contributed by atoms with Gasteiger partial charge in [0.25, 0.3) is 5.91 Å². The minimum atomic E-state index is -0.706. The van der Waals surface area contributed by atoms with Gasteiger partial charge in [-0.1, -0.05) is 6.42 Å². The van der Waals surface area contributed by atoms with Crippen molar-refractivity contribution in [2.24, 2.45) is 5.41 Å². The summed E-state index contributed by atoms with van der Waals surface area (Å²) in [5.74, 6) is -1.83. The van der Waals surface area contributed by atoms with Crippen LogP contribution in [0.5, 0.6) is 0 Å². The summed E-state index contributed by atoms with van der Waals surface area (Å²) in [6.45, 7) is 0.411. The van der Waals surface area contributed by atoms with Crippen LogP contribution in [0.2, 0.25) is 0 Å². The van der Waals surface area contributed by atoms with E-state index in [4.69, 9.17) is 0 Å². The molecular weight excluding hydrogens is 366 g/mol. The third-order valence-corrected chi connectivity index (χ3v) is 5.67. The highest BCUT2D eigenvalue weighted by atomic mass is 19.1. The molecule has 28 heavy (non-hydrogen) atoms. The minimum absolute atomic E-state index is 0.126. The molecule has 8 heteroatoms. The molecule has 2 aromatic rings. The Labute approximate surface area is 161 Å². The smallest absolute Gasteiger partial charge is 0.270 e.